The number of amides is 2. The van der Waals surface area contributed by atoms with Gasteiger partial charge < -0.3 is 29.6 Å². The molecule has 0 aliphatic rings. The molecule has 7 heteroatoms. The molecule has 0 bridgehead atoms. The number of hydrogen-bond acceptors (Lipinski definition) is 5. The molecule has 140 valence electrons. The van der Waals surface area contributed by atoms with E-state index in [0.29, 0.717) is 48.4 Å². The molecule has 26 heavy (non-hydrogen) atoms. The summed E-state index contributed by atoms with van der Waals surface area (Å²) in [5.41, 5.74) is 0.616. The lowest BCUT2D eigenvalue weighted by atomic mass is 10.3. The normalized spacial score (nSPS) is 9.96. The van der Waals surface area contributed by atoms with Gasteiger partial charge in [0.2, 0.25) is 0 Å². The largest absolute Gasteiger partial charge is 0.496 e. The van der Waals surface area contributed by atoms with Crippen LogP contribution in [0.25, 0.3) is 0 Å². The molecule has 0 aliphatic carbocycles. The van der Waals surface area contributed by atoms with Crippen molar-refractivity contribution in [2.45, 2.75) is 6.92 Å². The minimum atomic E-state index is -0.330. The third-order valence-corrected chi connectivity index (χ3v) is 3.42. The van der Waals surface area contributed by atoms with Crippen LogP contribution in [0.4, 0.5) is 10.5 Å². The monoisotopic (exact) mass is 360 g/mol. The van der Waals surface area contributed by atoms with Crippen LogP contribution >= 0.6 is 0 Å². The lowest BCUT2D eigenvalue weighted by molar-refractivity contribution is 0.247. The number of ether oxygens (including phenoxy) is 4. The summed E-state index contributed by atoms with van der Waals surface area (Å²) in [6.45, 7) is 3.05. The van der Waals surface area contributed by atoms with E-state index in [9.17, 15) is 4.79 Å². The second kappa shape index (κ2) is 10.0. The molecule has 7 nitrogen and oxygen atoms in total. The van der Waals surface area contributed by atoms with Crippen LogP contribution in [0.3, 0.4) is 0 Å². The highest BCUT2D eigenvalue weighted by Gasteiger charge is 2.07. The minimum absolute atomic E-state index is 0.302. The van der Waals surface area contributed by atoms with Crippen LogP contribution < -0.4 is 29.6 Å². The minimum Gasteiger partial charge on any atom is -0.496 e. The predicted octanol–water partition coefficient (Wildman–Crippen LogP) is 3.30. The van der Waals surface area contributed by atoms with Crippen molar-refractivity contribution in [1.29, 1.82) is 0 Å². The highest BCUT2D eigenvalue weighted by molar-refractivity contribution is 5.90. The zero-order valence-corrected chi connectivity index (χ0v) is 15.2. The Kier molecular flexibility index (Phi) is 7.42. The van der Waals surface area contributed by atoms with Crippen molar-refractivity contribution in [2.75, 3.05) is 39.3 Å². The molecule has 0 aliphatic heterocycles. The number of rotatable bonds is 9. The van der Waals surface area contributed by atoms with Gasteiger partial charge in [0.05, 0.1) is 33.1 Å². The number of carbonyl (C=O) groups excluding carboxylic acids is 1. The van der Waals surface area contributed by atoms with Gasteiger partial charge in [-0.15, -0.1) is 0 Å². The van der Waals surface area contributed by atoms with Crippen molar-refractivity contribution in [3.8, 4) is 23.0 Å². The molecule has 0 fully saturated rings. The van der Waals surface area contributed by atoms with E-state index in [4.69, 9.17) is 18.9 Å². The lowest BCUT2D eigenvalue weighted by Gasteiger charge is -2.13. The topological polar surface area (TPSA) is 78.1 Å². The van der Waals surface area contributed by atoms with Crippen molar-refractivity contribution in [3.63, 3.8) is 0 Å². The van der Waals surface area contributed by atoms with Gasteiger partial charge >= 0.3 is 6.03 Å². The Bertz CT molecular complexity index is 699. The van der Waals surface area contributed by atoms with E-state index < -0.39 is 0 Å². The molecular weight excluding hydrogens is 336 g/mol. The van der Waals surface area contributed by atoms with Crippen molar-refractivity contribution in [1.82, 2.24) is 5.32 Å². The number of hydrogen-bond donors (Lipinski definition) is 2. The smallest absolute Gasteiger partial charge is 0.319 e. The van der Waals surface area contributed by atoms with Gasteiger partial charge in [-0.25, -0.2) is 4.79 Å². The number of anilines is 1. The standard InChI is InChI=1S/C19H24N2O5/c1-4-25-18-8-6-5-7-17(18)21-19(22)20-9-10-26-16-12-14(23-2)11-15(13-16)24-3/h5-8,11-13H,4,9-10H2,1-3H3,(H2,20,21,22). The maximum atomic E-state index is 12.0. The first-order valence-electron chi connectivity index (χ1n) is 8.28. The number of benzene rings is 2. The number of para-hydroxylation sites is 2. The van der Waals surface area contributed by atoms with Crippen LogP contribution in [-0.4, -0.2) is 40.0 Å². The molecule has 0 unspecified atom stereocenters. The zero-order chi connectivity index (χ0) is 18.8. The maximum absolute atomic E-state index is 12.0. The molecule has 0 aromatic heterocycles. The highest BCUT2D eigenvalue weighted by atomic mass is 16.5. The Hall–Kier alpha value is -3.09. The molecule has 2 aromatic rings. The number of nitrogens with one attached hydrogen (secondary N) is 2. The van der Waals surface area contributed by atoms with Gasteiger partial charge in [0, 0.05) is 18.2 Å². The summed E-state index contributed by atoms with van der Waals surface area (Å²) in [4.78, 5) is 12.0. The number of urea groups is 1. The Morgan fingerprint density at radius 3 is 2.27 bits per heavy atom. The molecule has 0 saturated heterocycles. The molecule has 0 atom stereocenters. The van der Waals surface area contributed by atoms with E-state index in [1.807, 2.05) is 19.1 Å². The summed E-state index contributed by atoms with van der Waals surface area (Å²) in [5.74, 6) is 2.50. The first-order chi connectivity index (χ1) is 12.7. The third-order valence-electron chi connectivity index (χ3n) is 3.42. The third kappa shape index (κ3) is 5.77. The van der Waals surface area contributed by atoms with Crippen molar-refractivity contribution in [3.05, 3.63) is 42.5 Å². The zero-order valence-electron chi connectivity index (χ0n) is 15.2. The van der Waals surface area contributed by atoms with Crippen LogP contribution in [0.15, 0.2) is 42.5 Å². The fourth-order valence-electron chi connectivity index (χ4n) is 2.22. The maximum Gasteiger partial charge on any atom is 0.319 e. The highest BCUT2D eigenvalue weighted by Crippen LogP contribution is 2.27. The van der Waals surface area contributed by atoms with Gasteiger partial charge in [-0.1, -0.05) is 12.1 Å². The fourth-order valence-corrected chi connectivity index (χ4v) is 2.22. The van der Waals surface area contributed by atoms with Crippen molar-refractivity contribution < 1.29 is 23.7 Å². The Balaban J connectivity index is 1.80. The molecule has 0 saturated carbocycles. The summed E-state index contributed by atoms with van der Waals surface area (Å²) < 4.78 is 21.5. The fraction of sp³-hybridized carbons (Fsp3) is 0.316. The molecule has 0 spiro atoms. The lowest BCUT2D eigenvalue weighted by Crippen LogP contribution is -2.32. The van der Waals surface area contributed by atoms with Crippen LogP contribution in [-0.2, 0) is 0 Å². The summed E-state index contributed by atoms with van der Waals surface area (Å²) in [5, 5.41) is 5.49. The van der Waals surface area contributed by atoms with E-state index in [-0.39, 0.29) is 6.03 Å². The predicted molar refractivity (Wildman–Crippen MR) is 99.7 cm³/mol. The Labute approximate surface area is 153 Å². The van der Waals surface area contributed by atoms with Gasteiger partial charge in [0.25, 0.3) is 0 Å². The molecule has 0 heterocycles. The Morgan fingerprint density at radius 1 is 0.962 bits per heavy atom. The molecule has 2 aromatic carbocycles. The van der Waals surface area contributed by atoms with Crippen molar-refractivity contribution >= 4 is 11.7 Å². The number of carbonyl (C=O) groups is 1. The SMILES string of the molecule is CCOc1ccccc1NC(=O)NCCOc1cc(OC)cc(OC)c1. The molecular formula is C19H24N2O5. The van der Waals surface area contributed by atoms with E-state index in [1.54, 1.807) is 44.6 Å². The van der Waals surface area contributed by atoms with Gasteiger partial charge in [0.1, 0.15) is 29.6 Å². The van der Waals surface area contributed by atoms with E-state index in [1.165, 1.54) is 0 Å². The van der Waals surface area contributed by atoms with Gasteiger partial charge in [-0.2, -0.15) is 0 Å². The Morgan fingerprint density at radius 2 is 1.62 bits per heavy atom. The molecule has 2 amide bonds. The average Bonchev–Trinajstić information content (AvgIpc) is 2.66. The van der Waals surface area contributed by atoms with E-state index >= 15 is 0 Å². The first-order valence-corrected chi connectivity index (χ1v) is 8.28. The van der Waals surface area contributed by atoms with Gasteiger partial charge in [0.15, 0.2) is 0 Å². The second-order valence-corrected chi connectivity index (χ2v) is 5.21. The number of methoxy groups -OCH3 is 2. The summed E-state index contributed by atoms with van der Waals surface area (Å²) in [7, 11) is 3.15. The van der Waals surface area contributed by atoms with E-state index in [2.05, 4.69) is 10.6 Å². The quantitative estimate of drug-likeness (QED) is 0.671. The molecule has 2 N–H and O–H groups in total. The second-order valence-electron chi connectivity index (χ2n) is 5.21. The first kappa shape index (κ1) is 19.2. The average molecular weight is 360 g/mol. The van der Waals surface area contributed by atoms with Crippen LogP contribution in [0.2, 0.25) is 0 Å². The van der Waals surface area contributed by atoms with Crippen LogP contribution in [0.5, 0.6) is 23.0 Å². The van der Waals surface area contributed by atoms with Crippen LogP contribution in [0, 0.1) is 0 Å². The van der Waals surface area contributed by atoms with Crippen LogP contribution in [0.1, 0.15) is 6.92 Å². The summed E-state index contributed by atoms with van der Waals surface area (Å²) in [6, 6.07) is 12.2. The van der Waals surface area contributed by atoms with Gasteiger partial charge in [-0.3, -0.25) is 0 Å². The summed E-state index contributed by atoms with van der Waals surface area (Å²) >= 11 is 0. The van der Waals surface area contributed by atoms with Gasteiger partial charge in [-0.05, 0) is 19.1 Å². The molecule has 2 rings (SSSR count). The van der Waals surface area contributed by atoms with Crippen molar-refractivity contribution in [2.24, 2.45) is 0 Å². The summed E-state index contributed by atoms with van der Waals surface area (Å²) in [6.07, 6.45) is 0. The molecule has 0 radical (unpaired) electrons. The van der Waals surface area contributed by atoms with E-state index in [0.717, 1.165) is 0 Å².